The van der Waals surface area contributed by atoms with Crippen molar-refractivity contribution in [1.82, 2.24) is 0 Å². The molecule has 0 spiro atoms. The summed E-state index contributed by atoms with van der Waals surface area (Å²) in [5, 5.41) is 14.7. The Morgan fingerprint density at radius 3 is 2.58 bits per heavy atom. The second kappa shape index (κ2) is 9.02. The van der Waals surface area contributed by atoms with Crippen molar-refractivity contribution in [2.24, 2.45) is 10.8 Å². The van der Waals surface area contributed by atoms with E-state index >= 15 is 0 Å². The van der Waals surface area contributed by atoms with Gasteiger partial charge >= 0.3 is 0 Å². The Hall–Kier alpha value is -3.62. The highest BCUT2D eigenvalue weighted by Gasteiger charge is 2.07. The number of nitrogens with one attached hydrogen (secondary N) is 1. The minimum atomic E-state index is -0.578. The van der Waals surface area contributed by atoms with Crippen molar-refractivity contribution >= 4 is 23.5 Å². The summed E-state index contributed by atoms with van der Waals surface area (Å²) in [6.45, 7) is 2.01. The minimum Gasteiger partial charge on any atom is -0.490 e. The molecule has 0 aliphatic carbocycles. The number of benzene rings is 2. The number of nitro groups is 1. The highest BCUT2D eigenvalue weighted by Crippen LogP contribution is 2.28. The zero-order valence-electron chi connectivity index (χ0n) is 14.0. The number of nitrogens with two attached hydrogens (primary N) is 1. The molecule has 0 aliphatic rings. The van der Waals surface area contributed by atoms with Crippen LogP contribution in [-0.2, 0) is 4.79 Å². The molecule has 9 nitrogen and oxygen atoms in total. The summed E-state index contributed by atoms with van der Waals surface area (Å²) in [5.74, 6) is 0.296. The fourth-order valence-corrected chi connectivity index (χ4v) is 1.98. The number of hydrogen-bond donors (Lipinski definition) is 2. The van der Waals surface area contributed by atoms with Crippen LogP contribution >= 0.6 is 0 Å². The number of nitrogens with zero attached hydrogens (tertiary/aromatic N) is 2. The maximum atomic E-state index is 10.8. The van der Waals surface area contributed by atoms with E-state index < -0.39 is 10.8 Å². The number of anilines is 1. The highest BCUT2D eigenvalue weighted by molar-refractivity contribution is 5.81. The van der Waals surface area contributed by atoms with E-state index in [1.165, 1.54) is 12.1 Å². The molecule has 1 amide bonds. The van der Waals surface area contributed by atoms with Crippen LogP contribution in [-0.4, -0.2) is 30.3 Å². The predicted octanol–water partition coefficient (Wildman–Crippen LogP) is 2.30. The van der Waals surface area contributed by atoms with E-state index in [-0.39, 0.29) is 12.3 Å². The maximum absolute atomic E-state index is 10.8. The fourth-order valence-electron chi connectivity index (χ4n) is 1.98. The van der Waals surface area contributed by atoms with Crippen molar-refractivity contribution in [2.75, 3.05) is 18.6 Å². The van der Waals surface area contributed by atoms with Crippen molar-refractivity contribution in [3.8, 4) is 11.5 Å². The van der Waals surface area contributed by atoms with Gasteiger partial charge in [-0.15, -0.1) is 0 Å². The van der Waals surface area contributed by atoms with Gasteiger partial charge in [0.2, 0.25) is 0 Å². The Balaban J connectivity index is 2.05. The molecule has 136 valence electrons. The maximum Gasteiger partial charge on any atom is 0.269 e. The SMILES string of the molecule is CCOc1cc(/C=N/Nc2ccc([N+](=O)[O-])cc2)ccc1OCC(N)=O. The van der Waals surface area contributed by atoms with Gasteiger partial charge in [0, 0.05) is 12.1 Å². The standard InChI is InChI=1S/C17H18N4O5/c1-2-25-16-9-12(3-8-15(16)26-11-17(18)22)10-19-20-13-4-6-14(7-5-13)21(23)24/h3-10,20H,2,11H2,1H3,(H2,18,22)/b19-10+. The molecule has 26 heavy (non-hydrogen) atoms. The molecule has 2 aromatic carbocycles. The van der Waals surface area contributed by atoms with E-state index in [9.17, 15) is 14.9 Å². The van der Waals surface area contributed by atoms with E-state index in [2.05, 4.69) is 10.5 Å². The summed E-state index contributed by atoms with van der Waals surface area (Å²) in [7, 11) is 0. The molecule has 0 radical (unpaired) electrons. The summed E-state index contributed by atoms with van der Waals surface area (Å²) in [6.07, 6.45) is 1.56. The van der Waals surface area contributed by atoms with Crippen LogP contribution in [0, 0.1) is 10.1 Å². The molecule has 0 unspecified atom stereocenters. The Bertz CT molecular complexity index is 805. The Morgan fingerprint density at radius 2 is 1.96 bits per heavy atom. The van der Waals surface area contributed by atoms with Crippen LogP contribution in [0.4, 0.5) is 11.4 Å². The normalized spacial score (nSPS) is 10.5. The first-order valence-electron chi connectivity index (χ1n) is 7.71. The number of primary amides is 1. The summed E-state index contributed by atoms with van der Waals surface area (Å²) in [5.41, 5.74) is 9.20. The Labute approximate surface area is 149 Å². The van der Waals surface area contributed by atoms with Crippen LogP contribution in [0.5, 0.6) is 11.5 Å². The lowest BCUT2D eigenvalue weighted by Gasteiger charge is -2.11. The molecule has 0 aliphatic heterocycles. The summed E-state index contributed by atoms with van der Waals surface area (Å²) >= 11 is 0. The van der Waals surface area contributed by atoms with Gasteiger partial charge in [0.25, 0.3) is 11.6 Å². The van der Waals surface area contributed by atoms with Gasteiger partial charge in [-0.2, -0.15) is 5.10 Å². The van der Waals surface area contributed by atoms with E-state index in [0.717, 1.165) is 5.56 Å². The van der Waals surface area contributed by atoms with Gasteiger partial charge in [-0.25, -0.2) is 0 Å². The van der Waals surface area contributed by atoms with Gasteiger partial charge in [0.15, 0.2) is 18.1 Å². The summed E-state index contributed by atoms with van der Waals surface area (Å²) < 4.78 is 10.8. The van der Waals surface area contributed by atoms with Gasteiger partial charge in [0.1, 0.15) is 0 Å². The topological polar surface area (TPSA) is 129 Å². The lowest BCUT2D eigenvalue weighted by Crippen LogP contribution is -2.20. The minimum absolute atomic E-state index is 0.00688. The van der Waals surface area contributed by atoms with Crippen LogP contribution in [0.15, 0.2) is 47.6 Å². The third kappa shape index (κ3) is 5.48. The van der Waals surface area contributed by atoms with Crippen molar-refractivity contribution < 1.29 is 19.2 Å². The molecule has 0 saturated carbocycles. The number of ether oxygens (including phenoxy) is 2. The Morgan fingerprint density at radius 1 is 1.23 bits per heavy atom. The van der Waals surface area contributed by atoms with Gasteiger partial charge in [-0.05, 0) is 42.8 Å². The highest BCUT2D eigenvalue weighted by atomic mass is 16.6. The summed E-state index contributed by atoms with van der Waals surface area (Å²) in [4.78, 5) is 21.0. The molecule has 0 atom stereocenters. The average molecular weight is 358 g/mol. The fraction of sp³-hybridized carbons (Fsp3) is 0.176. The van der Waals surface area contributed by atoms with Gasteiger partial charge in [0.05, 0.1) is 23.4 Å². The monoisotopic (exact) mass is 358 g/mol. The van der Waals surface area contributed by atoms with Gasteiger partial charge < -0.3 is 15.2 Å². The zero-order valence-corrected chi connectivity index (χ0v) is 14.0. The first-order chi connectivity index (χ1) is 12.5. The average Bonchev–Trinajstić information content (AvgIpc) is 2.61. The molecule has 2 aromatic rings. The smallest absolute Gasteiger partial charge is 0.269 e. The summed E-state index contributed by atoms with van der Waals surface area (Å²) in [6, 6.07) is 11.0. The first kappa shape index (κ1) is 18.7. The van der Waals surface area contributed by atoms with E-state index in [4.69, 9.17) is 15.2 Å². The number of carbonyl (C=O) groups excluding carboxylic acids is 1. The van der Waals surface area contributed by atoms with Crippen LogP contribution in [0.25, 0.3) is 0 Å². The van der Waals surface area contributed by atoms with E-state index in [1.807, 2.05) is 6.92 Å². The molecule has 2 rings (SSSR count). The van der Waals surface area contributed by atoms with Crippen LogP contribution in [0.1, 0.15) is 12.5 Å². The van der Waals surface area contributed by atoms with Crippen LogP contribution < -0.4 is 20.6 Å². The molecule has 9 heteroatoms. The molecular weight excluding hydrogens is 340 g/mol. The lowest BCUT2D eigenvalue weighted by atomic mass is 10.2. The number of nitro benzene ring substituents is 1. The predicted molar refractivity (Wildman–Crippen MR) is 96.6 cm³/mol. The second-order valence-corrected chi connectivity index (χ2v) is 5.07. The largest absolute Gasteiger partial charge is 0.490 e. The Kier molecular flexibility index (Phi) is 6.49. The second-order valence-electron chi connectivity index (χ2n) is 5.07. The molecule has 0 bridgehead atoms. The third-order valence-corrected chi connectivity index (χ3v) is 3.12. The van der Waals surface area contributed by atoms with Crippen molar-refractivity contribution in [3.05, 3.63) is 58.1 Å². The molecule has 3 N–H and O–H groups in total. The van der Waals surface area contributed by atoms with Crippen molar-refractivity contribution in [2.45, 2.75) is 6.92 Å². The number of amides is 1. The molecule has 0 fully saturated rings. The van der Waals surface area contributed by atoms with Gasteiger partial charge in [-0.1, -0.05) is 0 Å². The van der Waals surface area contributed by atoms with Crippen LogP contribution in [0.2, 0.25) is 0 Å². The molecule has 0 saturated heterocycles. The number of hydrogen-bond acceptors (Lipinski definition) is 7. The third-order valence-electron chi connectivity index (χ3n) is 3.12. The quantitative estimate of drug-likeness (QED) is 0.402. The molecule has 0 heterocycles. The van der Waals surface area contributed by atoms with Crippen molar-refractivity contribution in [3.63, 3.8) is 0 Å². The molecular formula is C17H18N4O5. The van der Waals surface area contributed by atoms with E-state index in [0.29, 0.717) is 23.8 Å². The van der Waals surface area contributed by atoms with Gasteiger partial charge in [-0.3, -0.25) is 20.3 Å². The lowest BCUT2D eigenvalue weighted by molar-refractivity contribution is -0.384. The van der Waals surface area contributed by atoms with Crippen LogP contribution in [0.3, 0.4) is 0 Å². The zero-order chi connectivity index (χ0) is 18.9. The molecule has 0 aromatic heterocycles. The first-order valence-corrected chi connectivity index (χ1v) is 7.71. The number of carbonyl (C=O) groups is 1. The van der Waals surface area contributed by atoms with E-state index in [1.54, 1.807) is 36.5 Å². The van der Waals surface area contributed by atoms with Crippen molar-refractivity contribution in [1.29, 1.82) is 0 Å². The number of hydrazone groups is 1. The number of rotatable bonds is 9. The number of non-ortho nitro benzene ring substituents is 1.